The van der Waals surface area contributed by atoms with E-state index in [4.69, 9.17) is 22.1 Å². The number of aliphatic hydroxyl groups is 2. The second kappa shape index (κ2) is 6.51. The molecule has 5 atom stereocenters. The van der Waals surface area contributed by atoms with Gasteiger partial charge in [0.15, 0.2) is 22.6 Å². The fraction of sp³-hybridized carbons (Fsp3) is 0.467. The number of rotatable bonds is 2. The molecule has 0 bridgehead atoms. The number of nitrogen functional groups attached to an aromatic ring is 1. The zero-order chi connectivity index (χ0) is 19.2. The number of fused-ring (bicyclic) bond motifs is 1. The van der Waals surface area contributed by atoms with Crippen molar-refractivity contribution in [2.75, 3.05) is 12.4 Å². The number of hydrogen-bond acceptors (Lipinski definition) is 6. The molecule has 140 valence electrons. The van der Waals surface area contributed by atoms with E-state index in [1.165, 1.54) is 6.92 Å². The van der Waals surface area contributed by atoms with Crippen LogP contribution in [0, 0.1) is 17.7 Å². The number of aromatic amines is 1. The first-order chi connectivity index (χ1) is 12.2. The van der Waals surface area contributed by atoms with E-state index in [0.29, 0.717) is 0 Å². The van der Waals surface area contributed by atoms with Gasteiger partial charge in [-0.2, -0.15) is 4.98 Å². The summed E-state index contributed by atoms with van der Waals surface area (Å²) in [5, 5.41) is 19.9. The smallest absolute Gasteiger partial charge is 0.264 e. The van der Waals surface area contributed by atoms with Gasteiger partial charge in [0.2, 0.25) is 5.95 Å². The summed E-state index contributed by atoms with van der Waals surface area (Å²) < 4.78 is 33.5. The maximum Gasteiger partial charge on any atom is 0.264 e. The van der Waals surface area contributed by atoms with Crippen molar-refractivity contribution in [3.05, 3.63) is 22.4 Å². The molecule has 11 heteroatoms. The minimum absolute atomic E-state index is 0.195. The van der Waals surface area contributed by atoms with Crippen LogP contribution in [0.25, 0.3) is 11.0 Å². The molecule has 1 saturated heterocycles. The van der Waals surface area contributed by atoms with Gasteiger partial charge in [-0.1, -0.05) is 23.4 Å². The van der Waals surface area contributed by atoms with Gasteiger partial charge in [-0.05, 0) is 6.92 Å². The lowest BCUT2D eigenvalue weighted by atomic mass is 9.96. The van der Waals surface area contributed by atoms with E-state index in [9.17, 15) is 23.8 Å². The maximum atomic E-state index is 14.3. The summed E-state index contributed by atoms with van der Waals surface area (Å²) in [6, 6.07) is 0. The number of hydrogen-bond donors (Lipinski definition) is 4. The lowest BCUT2D eigenvalue weighted by Crippen LogP contribution is -2.43. The van der Waals surface area contributed by atoms with Crippen LogP contribution in [0.4, 0.5) is 14.7 Å². The molecule has 1 unspecified atom stereocenters. The molecule has 0 amide bonds. The highest BCUT2D eigenvalue weighted by Crippen LogP contribution is 2.45. The Kier molecular flexibility index (Phi) is 4.66. The lowest BCUT2D eigenvalue weighted by Gasteiger charge is -2.25. The molecular formula is C15H15ClF2N4O4. The SMILES string of the molecule is C[C@@H](O)[C@H]1O[C@@H](n2cc(F)c3c(=O)[nH]c(N)nc32)[C@@](Cl)(C#CCF)C1O. The van der Waals surface area contributed by atoms with Crippen molar-refractivity contribution >= 4 is 28.6 Å². The van der Waals surface area contributed by atoms with E-state index in [1.54, 1.807) is 0 Å². The number of anilines is 1. The Hall–Kier alpha value is -2.19. The van der Waals surface area contributed by atoms with Crippen LogP contribution in [-0.2, 0) is 4.74 Å². The third-order valence-corrected chi connectivity index (χ3v) is 4.62. The first kappa shape index (κ1) is 18.6. The van der Waals surface area contributed by atoms with Crippen LogP contribution >= 0.6 is 11.6 Å². The Balaban J connectivity index is 2.24. The van der Waals surface area contributed by atoms with Gasteiger partial charge in [0.25, 0.3) is 5.56 Å². The van der Waals surface area contributed by atoms with Crippen molar-refractivity contribution in [1.29, 1.82) is 0 Å². The number of nitrogens with zero attached hydrogens (tertiary/aromatic N) is 2. The van der Waals surface area contributed by atoms with Gasteiger partial charge in [-0.15, -0.1) is 0 Å². The average molecular weight is 389 g/mol. The lowest BCUT2D eigenvalue weighted by molar-refractivity contribution is -0.0752. The summed E-state index contributed by atoms with van der Waals surface area (Å²) in [6.45, 7) is 0.310. The molecule has 1 aliphatic heterocycles. The Morgan fingerprint density at radius 2 is 2.35 bits per heavy atom. The molecular weight excluding hydrogens is 374 g/mol. The van der Waals surface area contributed by atoms with Gasteiger partial charge in [0.1, 0.15) is 24.3 Å². The fourth-order valence-corrected chi connectivity index (χ4v) is 3.31. The van der Waals surface area contributed by atoms with E-state index in [-0.39, 0.29) is 11.6 Å². The molecule has 2 aromatic rings. The van der Waals surface area contributed by atoms with Crippen LogP contribution in [0.3, 0.4) is 0 Å². The second-order valence-corrected chi connectivity index (χ2v) is 6.50. The van der Waals surface area contributed by atoms with Gasteiger partial charge < -0.3 is 20.7 Å². The van der Waals surface area contributed by atoms with E-state index >= 15 is 0 Å². The van der Waals surface area contributed by atoms with Crippen LogP contribution < -0.4 is 11.3 Å². The molecule has 3 heterocycles. The number of halogens is 3. The Morgan fingerprint density at radius 3 is 2.96 bits per heavy atom. The molecule has 5 N–H and O–H groups in total. The molecule has 2 aromatic heterocycles. The summed E-state index contributed by atoms with van der Waals surface area (Å²) in [7, 11) is 0. The largest absolute Gasteiger partial charge is 0.391 e. The third kappa shape index (κ3) is 2.73. The number of nitrogens with one attached hydrogen (secondary N) is 1. The highest BCUT2D eigenvalue weighted by molar-refractivity contribution is 6.27. The monoisotopic (exact) mass is 388 g/mol. The average Bonchev–Trinajstić information content (AvgIpc) is 3.01. The highest BCUT2D eigenvalue weighted by Gasteiger charge is 2.57. The van der Waals surface area contributed by atoms with Crippen molar-refractivity contribution in [2.24, 2.45) is 0 Å². The highest BCUT2D eigenvalue weighted by atomic mass is 35.5. The molecule has 1 fully saturated rings. The van der Waals surface area contributed by atoms with Gasteiger partial charge in [0, 0.05) is 6.20 Å². The number of H-pyrrole nitrogens is 1. The first-order valence-corrected chi connectivity index (χ1v) is 7.90. The Morgan fingerprint density at radius 1 is 1.65 bits per heavy atom. The summed E-state index contributed by atoms with van der Waals surface area (Å²) >= 11 is 6.41. The quantitative estimate of drug-likeness (QED) is 0.425. The summed E-state index contributed by atoms with van der Waals surface area (Å²) in [5.41, 5.74) is 4.50. The Labute approximate surface area is 150 Å². The van der Waals surface area contributed by atoms with Crippen molar-refractivity contribution in [3.8, 4) is 11.8 Å². The number of nitrogens with two attached hydrogens (primary N) is 1. The first-order valence-electron chi connectivity index (χ1n) is 7.53. The summed E-state index contributed by atoms with van der Waals surface area (Å²) in [5.74, 6) is 3.27. The van der Waals surface area contributed by atoms with E-state index in [2.05, 4.69) is 21.8 Å². The van der Waals surface area contributed by atoms with E-state index in [1.807, 2.05) is 0 Å². The standard InChI is InChI=1S/C15H15ClF2N4O4/c1-6(23)9-10(24)15(16,3-2-4-17)13(26-9)22-5-7(18)8-11(22)20-14(19)21-12(8)25/h5-6,9-10,13,23-24H,4H2,1H3,(H3,19,20,21,25)/t6-,9-,10?,13-,15-/m1/s1. The molecule has 3 rings (SSSR count). The minimum atomic E-state index is -1.93. The molecule has 26 heavy (non-hydrogen) atoms. The maximum absolute atomic E-state index is 14.3. The normalized spacial score (nSPS) is 29.5. The number of aromatic nitrogens is 3. The van der Waals surface area contributed by atoms with Crippen LogP contribution in [0.5, 0.6) is 0 Å². The van der Waals surface area contributed by atoms with E-state index in [0.717, 1.165) is 10.8 Å². The predicted molar refractivity (Wildman–Crippen MR) is 88.7 cm³/mol. The molecule has 0 spiro atoms. The number of aliphatic hydroxyl groups excluding tert-OH is 2. The summed E-state index contributed by atoms with van der Waals surface area (Å²) in [6.07, 6.45) is -4.37. The topological polar surface area (TPSA) is 126 Å². The van der Waals surface area contributed by atoms with Crippen LogP contribution in [0.2, 0.25) is 0 Å². The molecule has 0 radical (unpaired) electrons. The van der Waals surface area contributed by atoms with Crippen LogP contribution in [0.15, 0.2) is 11.0 Å². The molecule has 1 aliphatic rings. The fourth-order valence-electron chi connectivity index (χ4n) is 2.96. The molecule has 0 aromatic carbocycles. The molecule has 8 nitrogen and oxygen atoms in total. The zero-order valence-corrected chi connectivity index (χ0v) is 14.2. The zero-order valence-electron chi connectivity index (χ0n) is 13.4. The minimum Gasteiger partial charge on any atom is -0.391 e. The van der Waals surface area contributed by atoms with Crippen molar-refractivity contribution in [3.63, 3.8) is 0 Å². The molecule has 0 aliphatic carbocycles. The van der Waals surface area contributed by atoms with Gasteiger partial charge in [0.05, 0.1) is 6.10 Å². The predicted octanol–water partition coefficient (Wildman–Crippen LogP) is 0.0355. The van der Waals surface area contributed by atoms with Gasteiger partial charge in [-0.3, -0.25) is 14.3 Å². The number of ether oxygens (including phenoxy) is 1. The second-order valence-electron chi connectivity index (χ2n) is 5.88. The van der Waals surface area contributed by atoms with Gasteiger partial charge in [-0.25, -0.2) is 8.78 Å². The van der Waals surface area contributed by atoms with Crippen molar-refractivity contribution < 1.29 is 23.7 Å². The van der Waals surface area contributed by atoms with E-state index < -0.39 is 52.9 Å². The Bertz CT molecular complexity index is 966. The van der Waals surface area contributed by atoms with Crippen molar-refractivity contribution in [2.45, 2.75) is 36.3 Å². The van der Waals surface area contributed by atoms with Crippen LogP contribution in [-0.4, -0.2) is 54.6 Å². The summed E-state index contributed by atoms with van der Waals surface area (Å²) in [4.78, 5) is 16.1. The third-order valence-electron chi connectivity index (χ3n) is 4.12. The van der Waals surface area contributed by atoms with Gasteiger partial charge >= 0.3 is 0 Å². The van der Waals surface area contributed by atoms with Crippen LogP contribution in [0.1, 0.15) is 13.2 Å². The number of alkyl halides is 2. The van der Waals surface area contributed by atoms with Crippen molar-refractivity contribution in [1.82, 2.24) is 14.5 Å². The molecule has 0 saturated carbocycles.